The van der Waals surface area contributed by atoms with Crippen LogP contribution in [0, 0.1) is 13.8 Å². The van der Waals surface area contributed by atoms with E-state index in [4.69, 9.17) is 0 Å². The maximum absolute atomic E-state index is 12.4. The van der Waals surface area contributed by atoms with Crippen molar-refractivity contribution in [1.29, 1.82) is 0 Å². The summed E-state index contributed by atoms with van der Waals surface area (Å²) in [5.41, 5.74) is 2.96. The summed E-state index contributed by atoms with van der Waals surface area (Å²) in [6.07, 6.45) is -0.813. The third-order valence-electron chi connectivity index (χ3n) is 4.63. The number of aryl methyl sites for hydroxylation is 1. The van der Waals surface area contributed by atoms with Gasteiger partial charge in [0, 0.05) is 17.8 Å². The lowest BCUT2D eigenvalue weighted by atomic mass is 10.0. The van der Waals surface area contributed by atoms with E-state index in [2.05, 4.69) is 10.3 Å². The quantitative estimate of drug-likeness (QED) is 0.616. The van der Waals surface area contributed by atoms with Crippen LogP contribution in [0.1, 0.15) is 50.7 Å². The molecule has 0 spiro atoms. The Balaban J connectivity index is 1.72. The minimum absolute atomic E-state index is 0.0773. The first-order chi connectivity index (χ1) is 12.4. The Bertz CT molecular complexity index is 988. The van der Waals surface area contributed by atoms with Crippen molar-refractivity contribution in [2.45, 2.75) is 26.9 Å². The molecule has 0 saturated carbocycles. The molecule has 1 unspecified atom stereocenters. The van der Waals surface area contributed by atoms with Crippen LogP contribution < -0.4 is 5.32 Å². The Kier molecular flexibility index (Phi) is 4.91. The molecule has 3 rings (SSSR count). The van der Waals surface area contributed by atoms with E-state index < -0.39 is 6.10 Å². The third kappa shape index (κ3) is 3.39. The molecule has 0 radical (unpaired) electrons. The fraction of sp³-hybridized carbons (Fsp3) is 0.238. The summed E-state index contributed by atoms with van der Waals surface area (Å²) in [6, 6.07) is 13.6. The highest BCUT2D eigenvalue weighted by atomic mass is 16.3. The number of aromatic amines is 1. The van der Waals surface area contributed by atoms with Crippen LogP contribution in [0.3, 0.4) is 0 Å². The molecule has 134 valence electrons. The van der Waals surface area contributed by atoms with Gasteiger partial charge in [0.2, 0.25) is 0 Å². The second-order valence-corrected chi connectivity index (χ2v) is 6.51. The third-order valence-corrected chi connectivity index (χ3v) is 4.63. The highest BCUT2D eigenvalue weighted by molar-refractivity contribution is 6.02. The van der Waals surface area contributed by atoms with Crippen molar-refractivity contribution < 1.29 is 14.7 Å². The number of nitrogens with one attached hydrogen (secondary N) is 2. The number of rotatable bonds is 5. The number of H-pyrrole nitrogens is 1. The van der Waals surface area contributed by atoms with Crippen LogP contribution in [0.25, 0.3) is 10.8 Å². The van der Waals surface area contributed by atoms with E-state index in [9.17, 15) is 14.7 Å². The Morgan fingerprint density at radius 1 is 1.12 bits per heavy atom. The average Bonchev–Trinajstić information content (AvgIpc) is 2.93. The van der Waals surface area contributed by atoms with Crippen molar-refractivity contribution in [1.82, 2.24) is 10.3 Å². The van der Waals surface area contributed by atoms with E-state index in [1.54, 1.807) is 13.8 Å². The first-order valence-electron chi connectivity index (χ1n) is 8.53. The van der Waals surface area contributed by atoms with Crippen LogP contribution in [0.2, 0.25) is 0 Å². The van der Waals surface area contributed by atoms with Crippen molar-refractivity contribution in [3.05, 3.63) is 70.5 Å². The molecular formula is C21H22N2O3. The number of hydrogen-bond acceptors (Lipinski definition) is 3. The normalized spacial score (nSPS) is 12.2. The molecule has 5 nitrogen and oxygen atoms in total. The van der Waals surface area contributed by atoms with Crippen molar-refractivity contribution in [3.63, 3.8) is 0 Å². The van der Waals surface area contributed by atoms with E-state index in [-0.39, 0.29) is 18.2 Å². The zero-order chi connectivity index (χ0) is 18.8. The minimum Gasteiger partial charge on any atom is -0.387 e. The monoisotopic (exact) mass is 350 g/mol. The zero-order valence-corrected chi connectivity index (χ0v) is 15.1. The molecular weight excluding hydrogens is 328 g/mol. The lowest BCUT2D eigenvalue weighted by Crippen LogP contribution is -2.29. The van der Waals surface area contributed by atoms with Crippen LogP contribution in [0.5, 0.6) is 0 Å². The van der Waals surface area contributed by atoms with Gasteiger partial charge in [0.25, 0.3) is 5.91 Å². The summed E-state index contributed by atoms with van der Waals surface area (Å²) in [5.74, 6) is -0.413. The number of hydrogen-bond donors (Lipinski definition) is 3. The largest absolute Gasteiger partial charge is 0.387 e. The molecule has 1 aromatic heterocycles. The van der Waals surface area contributed by atoms with Crippen molar-refractivity contribution in [2.75, 3.05) is 6.54 Å². The van der Waals surface area contributed by atoms with E-state index in [0.717, 1.165) is 16.3 Å². The number of aliphatic hydroxyl groups is 1. The number of ketones is 1. The molecule has 1 heterocycles. The first kappa shape index (κ1) is 17.9. The molecule has 0 aliphatic rings. The summed E-state index contributed by atoms with van der Waals surface area (Å²) >= 11 is 0. The Hall–Kier alpha value is -2.92. The van der Waals surface area contributed by atoms with E-state index in [0.29, 0.717) is 22.5 Å². The number of Topliss-reactive ketones (excluding diaryl/α,β-unsaturated/α-hetero) is 1. The molecule has 5 heteroatoms. The second-order valence-electron chi connectivity index (χ2n) is 6.51. The van der Waals surface area contributed by atoms with Gasteiger partial charge in [-0.1, -0.05) is 36.4 Å². The van der Waals surface area contributed by atoms with Gasteiger partial charge in [0.05, 0.1) is 6.10 Å². The van der Waals surface area contributed by atoms with Crippen LogP contribution in [-0.2, 0) is 0 Å². The molecule has 0 aliphatic carbocycles. The number of fused-ring (bicyclic) bond motifs is 1. The molecule has 0 saturated heterocycles. The van der Waals surface area contributed by atoms with Crippen LogP contribution in [0.15, 0.2) is 42.5 Å². The summed E-state index contributed by atoms with van der Waals surface area (Å²) in [7, 11) is 0. The minimum atomic E-state index is -0.813. The number of carbonyl (C=O) groups excluding carboxylic acids is 2. The molecule has 2 aromatic carbocycles. The van der Waals surface area contributed by atoms with E-state index in [1.165, 1.54) is 6.92 Å². The van der Waals surface area contributed by atoms with E-state index >= 15 is 0 Å². The second kappa shape index (κ2) is 7.14. The van der Waals surface area contributed by atoms with Crippen LogP contribution in [-0.4, -0.2) is 28.3 Å². The number of benzene rings is 2. The predicted molar refractivity (Wildman–Crippen MR) is 102 cm³/mol. The number of carbonyl (C=O) groups is 2. The lowest BCUT2D eigenvalue weighted by molar-refractivity contribution is 0.0911. The van der Waals surface area contributed by atoms with Crippen LogP contribution >= 0.6 is 0 Å². The molecule has 1 atom stereocenters. The number of aliphatic hydroxyl groups excluding tert-OH is 1. The van der Waals surface area contributed by atoms with Gasteiger partial charge in [-0.2, -0.15) is 0 Å². The fourth-order valence-electron chi connectivity index (χ4n) is 3.32. The Labute approximate surface area is 152 Å². The van der Waals surface area contributed by atoms with Gasteiger partial charge in [0.15, 0.2) is 5.78 Å². The Morgan fingerprint density at radius 3 is 2.46 bits per heavy atom. The average molecular weight is 350 g/mol. The van der Waals surface area contributed by atoms with E-state index in [1.807, 2.05) is 42.5 Å². The topological polar surface area (TPSA) is 82.2 Å². The standard InChI is InChI=1S/C21H22N2O3/c1-12-19(14(3)24)13(2)23-20(12)21(26)22-11-18(25)17-9-8-15-6-4-5-7-16(15)10-17/h4-10,18,23,25H,11H2,1-3H3,(H,22,26). The molecule has 0 aliphatic heterocycles. The first-order valence-corrected chi connectivity index (χ1v) is 8.53. The summed E-state index contributed by atoms with van der Waals surface area (Å²) < 4.78 is 0. The van der Waals surface area contributed by atoms with Gasteiger partial charge in [-0.15, -0.1) is 0 Å². The number of aromatic nitrogens is 1. The van der Waals surface area contributed by atoms with Gasteiger partial charge < -0.3 is 15.4 Å². The fourth-order valence-corrected chi connectivity index (χ4v) is 3.32. The summed E-state index contributed by atoms with van der Waals surface area (Å²) in [5, 5.41) is 15.3. The van der Waals surface area contributed by atoms with Crippen molar-refractivity contribution in [3.8, 4) is 0 Å². The number of amides is 1. The maximum Gasteiger partial charge on any atom is 0.268 e. The van der Waals surface area contributed by atoms with Crippen molar-refractivity contribution in [2.24, 2.45) is 0 Å². The molecule has 0 fully saturated rings. The Morgan fingerprint density at radius 2 is 1.81 bits per heavy atom. The van der Waals surface area contributed by atoms with Crippen molar-refractivity contribution >= 4 is 22.5 Å². The maximum atomic E-state index is 12.4. The van der Waals surface area contributed by atoms with Gasteiger partial charge in [-0.25, -0.2) is 0 Å². The molecule has 3 aromatic rings. The van der Waals surface area contributed by atoms with Gasteiger partial charge >= 0.3 is 0 Å². The lowest BCUT2D eigenvalue weighted by Gasteiger charge is -2.13. The molecule has 26 heavy (non-hydrogen) atoms. The highest BCUT2D eigenvalue weighted by Gasteiger charge is 2.20. The van der Waals surface area contributed by atoms with Gasteiger partial charge in [0.1, 0.15) is 5.69 Å². The van der Waals surface area contributed by atoms with Crippen LogP contribution in [0.4, 0.5) is 0 Å². The molecule has 3 N–H and O–H groups in total. The summed E-state index contributed by atoms with van der Waals surface area (Å²) in [6.45, 7) is 5.08. The highest BCUT2D eigenvalue weighted by Crippen LogP contribution is 2.21. The van der Waals surface area contributed by atoms with Gasteiger partial charge in [-0.05, 0) is 48.7 Å². The zero-order valence-electron chi connectivity index (χ0n) is 15.1. The predicted octanol–water partition coefficient (Wildman–Crippen LogP) is 3.45. The van der Waals surface area contributed by atoms with Gasteiger partial charge in [-0.3, -0.25) is 9.59 Å². The summed E-state index contributed by atoms with van der Waals surface area (Å²) in [4.78, 5) is 27.1. The smallest absolute Gasteiger partial charge is 0.268 e. The molecule has 0 bridgehead atoms. The molecule has 1 amide bonds. The SMILES string of the molecule is CC(=O)c1c(C)[nH]c(C(=O)NCC(O)c2ccc3ccccc3c2)c1C.